The quantitative estimate of drug-likeness (QED) is 0.789. The Labute approximate surface area is 122 Å². The van der Waals surface area contributed by atoms with Crippen LogP contribution in [0.3, 0.4) is 0 Å². The maximum atomic E-state index is 5.89. The van der Waals surface area contributed by atoms with E-state index in [-0.39, 0.29) is 0 Å². The van der Waals surface area contributed by atoms with Crippen LogP contribution in [0.25, 0.3) is 11.1 Å². The van der Waals surface area contributed by atoms with Crippen LogP contribution in [0.2, 0.25) is 5.02 Å². The zero-order valence-electron chi connectivity index (χ0n) is 10.9. The van der Waals surface area contributed by atoms with E-state index in [0.29, 0.717) is 0 Å². The number of pyridine rings is 1. The second-order valence-electron chi connectivity index (χ2n) is 4.62. The van der Waals surface area contributed by atoms with E-state index in [9.17, 15) is 0 Å². The molecule has 3 aromatic rings. The first-order valence-corrected chi connectivity index (χ1v) is 6.88. The molecule has 0 amide bonds. The van der Waals surface area contributed by atoms with E-state index in [4.69, 9.17) is 11.6 Å². The van der Waals surface area contributed by atoms with Crippen LogP contribution >= 0.6 is 11.6 Å². The average molecular weight is 284 g/mol. The summed E-state index contributed by atoms with van der Waals surface area (Å²) in [5, 5.41) is 8.02. The van der Waals surface area contributed by atoms with Crippen molar-refractivity contribution in [3.8, 4) is 11.1 Å². The van der Waals surface area contributed by atoms with Crippen LogP contribution in [0, 0.1) is 0 Å². The highest BCUT2D eigenvalue weighted by molar-refractivity contribution is 6.30. The van der Waals surface area contributed by atoms with Gasteiger partial charge >= 0.3 is 0 Å². The molecule has 0 saturated carbocycles. The number of nitrogens with one attached hydrogen (secondary N) is 1. The van der Waals surface area contributed by atoms with Crippen molar-refractivity contribution in [1.29, 1.82) is 0 Å². The molecule has 3 rings (SSSR count). The molecule has 20 heavy (non-hydrogen) atoms. The monoisotopic (exact) mass is 283 g/mol. The Morgan fingerprint density at radius 2 is 1.70 bits per heavy atom. The van der Waals surface area contributed by atoms with Gasteiger partial charge in [-0.3, -0.25) is 10.1 Å². The molecule has 4 heteroatoms. The van der Waals surface area contributed by atoms with Gasteiger partial charge in [0.1, 0.15) is 0 Å². The van der Waals surface area contributed by atoms with Crippen molar-refractivity contribution in [2.75, 3.05) is 0 Å². The highest BCUT2D eigenvalue weighted by atomic mass is 35.5. The third kappa shape index (κ3) is 2.89. The van der Waals surface area contributed by atoms with Crippen molar-refractivity contribution in [2.45, 2.75) is 12.8 Å². The van der Waals surface area contributed by atoms with Gasteiger partial charge in [-0.05, 0) is 48.2 Å². The maximum Gasteiger partial charge on any atom is 0.0568 e. The second-order valence-corrected chi connectivity index (χ2v) is 5.06. The van der Waals surface area contributed by atoms with Gasteiger partial charge in [-0.15, -0.1) is 0 Å². The zero-order chi connectivity index (χ0) is 13.8. The Balaban J connectivity index is 1.76. The highest BCUT2D eigenvalue weighted by Gasteiger charge is 2.07. The number of benzene rings is 1. The summed E-state index contributed by atoms with van der Waals surface area (Å²) in [6.07, 6.45) is 7.33. The third-order valence-corrected chi connectivity index (χ3v) is 3.54. The average Bonchev–Trinajstić information content (AvgIpc) is 2.96. The Morgan fingerprint density at radius 3 is 2.45 bits per heavy atom. The molecule has 0 aliphatic rings. The minimum Gasteiger partial charge on any atom is -0.282 e. The van der Waals surface area contributed by atoms with E-state index in [2.05, 4.69) is 27.3 Å². The summed E-state index contributed by atoms with van der Waals surface area (Å²) < 4.78 is 0. The lowest BCUT2D eigenvalue weighted by Gasteiger charge is -2.04. The lowest BCUT2D eigenvalue weighted by atomic mass is 10.0. The molecule has 1 N–H and O–H groups in total. The van der Waals surface area contributed by atoms with Gasteiger partial charge in [0.25, 0.3) is 0 Å². The number of aromatic nitrogens is 3. The fourth-order valence-corrected chi connectivity index (χ4v) is 2.33. The molecule has 0 saturated heterocycles. The molecule has 100 valence electrons. The lowest BCUT2D eigenvalue weighted by Crippen LogP contribution is -1.94. The summed E-state index contributed by atoms with van der Waals surface area (Å²) in [7, 11) is 0. The first-order valence-electron chi connectivity index (χ1n) is 6.50. The summed E-state index contributed by atoms with van der Waals surface area (Å²) in [5.41, 5.74) is 4.69. The first-order chi connectivity index (χ1) is 9.83. The van der Waals surface area contributed by atoms with Crippen LogP contribution in [-0.2, 0) is 12.8 Å². The van der Waals surface area contributed by atoms with Gasteiger partial charge in [0.2, 0.25) is 0 Å². The number of rotatable bonds is 4. The maximum absolute atomic E-state index is 5.89. The van der Waals surface area contributed by atoms with E-state index < -0.39 is 0 Å². The van der Waals surface area contributed by atoms with Gasteiger partial charge < -0.3 is 0 Å². The molecule has 0 aliphatic carbocycles. The number of H-pyrrole nitrogens is 1. The number of hydrogen-bond acceptors (Lipinski definition) is 2. The fraction of sp³-hybridized carbons (Fsp3) is 0.125. The van der Waals surface area contributed by atoms with Gasteiger partial charge in [-0.2, -0.15) is 5.10 Å². The van der Waals surface area contributed by atoms with Crippen molar-refractivity contribution in [3.05, 3.63) is 71.3 Å². The lowest BCUT2D eigenvalue weighted by molar-refractivity contribution is 0.894. The molecule has 3 nitrogen and oxygen atoms in total. The molecule has 2 heterocycles. The number of aryl methyl sites for hydroxylation is 2. The first kappa shape index (κ1) is 12.9. The summed E-state index contributed by atoms with van der Waals surface area (Å²) in [5.74, 6) is 0. The molecule has 0 atom stereocenters. The summed E-state index contributed by atoms with van der Waals surface area (Å²) >= 11 is 5.89. The Morgan fingerprint density at radius 1 is 0.950 bits per heavy atom. The SMILES string of the molecule is Clc1ccc(CCc2[nH]ncc2-c2ccncc2)cc1. The van der Waals surface area contributed by atoms with Gasteiger partial charge in [0.15, 0.2) is 0 Å². The standard InChI is InChI=1S/C16H14ClN3/c17-14-4-1-12(2-5-14)3-6-16-15(11-19-20-16)13-7-9-18-10-8-13/h1-2,4-5,7-11H,3,6H2,(H,19,20). The van der Waals surface area contributed by atoms with Crippen molar-refractivity contribution in [3.63, 3.8) is 0 Å². The van der Waals surface area contributed by atoms with Gasteiger partial charge in [-0.25, -0.2) is 0 Å². The summed E-state index contributed by atoms with van der Waals surface area (Å²) in [4.78, 5) is 4.04. The molecule has 1 aromatic carbocycles. The Bertz CT molecular complexity index is 674. The van der Waals surface area contributed by atoms with Crippen LogP contribution in [0.1, 0.15) is 11.3 Å². The van der Waals surface area contributed by atoms with Crippen molar-refractivity contribution < 1.29 is 0 Å². The Kier molecular flexibility index (Phi) is 3.79. The number of halogens is 1. The molecule has 0 bridgehead atoms. The van der Waals surface area contributed by atoms with E-state index >= 15 is 0 Å². The van der Waals surface area contributed by atoms with E-state index in [0.717, 1.165) is 34.7 Å². The highest BCUT2D eigenvalue weighted by Crippen LogP contribution is 2.22. The minimum atomic E-state index is 0.771. The summed E-state index contributed by atoms with van der Waals surface area (Å²) in [6.45, 7) is 0. The largest absolute Gasteiger partial charge is 0.282 e. The molecular formula is C16H14ClN3. The van der Waals surface area contributed by atoms with Crippen LogP contribution in [0.5, 0.6) is 0 Å². The van der Waals surface area contributed by atoms with Crippen molar-refractivity contribution >= 4 is 11.6 Å². The molecule has 2 aromatic heterocycles. The van der Waals surface area contributed by atoms with Gasteiger partial charge in [0, 0.05) is 28.7 Å². The molecule has 0 radical (unpaired) electrons. The molecular weight excluding hydrogens is 270 g/mol. The van der Waals surface area contributed by atoms with Crippen molar-refractivity contribution in [2.24, 2.45) is 0 Å². The van der Waals surface area contributed by atoms with Crippen LogP contribution in [0.4, 0.5) is 0 Å². The van der Waals surface area contributed by atoms with Crippen LogP contribution < -0.4 is 0 Å². The van der Waals surface area contributed by atoms with E-state index in [1.54, 1.807) is 12.4 Å². The molecule has 0 spiro atoms. The predicted molar refractivity (Wildman–Crippen MR) is 80.7 cm³/mol. The molecule has 0 fully saturated rings. The zero-order valence-corrected chi connectivity index (χ0v) is 11.6. The molecule has 0 aliphatic heterocycles. The van der Waals surface area contributed by atoms with E-state index in [1.807, 2.05) is 30.5 Å². The van der Waals surface area contributed by atoms with Crippen LogP contribution in [-0.4, -0.2) is 15.2 Å². The summed E-state index contributed by atoms with van der Waals surface area (Å²) in [6, 6.07) is 12.0. The molecule has 0 unspecified atom stereocenters. The number of nitrogens with zero attached hydrogens (tertiary/aromatic N) is 2. The van der Waals surface area contributed by atoms with Gasteiger partial charge in [0.05, 0.1) is 6.20 Å². The number of aromatic amines is 1. The predicted octanol–water partition coefficient (Wildman–Crippen LogP) is 3.91. The third-order valence-electron chi connectivity index (χ3n) is 3.29. The topological polar surface area (TPSA) is 41.6 Å². The fourth-order valence-electron chi connectivity index (χ4n) is 2.20. The second kappa shape index (κ2) is 5.88. The van der Waals surface area contributed by atoms with Gasteiger partial charge in [-0.1, -0.05) is 23.7 Å². The smallest absolute Gasteiger partial charge is 0.0568 e. The normalized spacial score (nSPS) is 10.7. The van der Waals surface area contributed by atoms with E-state index in [1.165, 1.54) is 5.56 Å². The Hall–Kier alpha value is -2.13. The van der Waals surface area contributed by atoms with Crippen molar-refractivity contribution in [1.82, 2.24) is 15.2 Å². The van der Waals surface area contributed by atoms with Crippen LogP contribution in [0.15, 0.2) is 55.0 Å². The number of hydrogen-bond donors (Lipinski definition) is 1. The minimum absolute atomic E-state index is 0.771.